The van der Waals surface area contributed by atoms with Crippen LogP contribution in [-0.4, -0.2) is 32.4 Å². The van der Waals surface area contributed by atoms with E-state index in [9.17, 15) is 32.3 Å². The summed E-state index contributed by atoms with van der Waals surface area (Å²) in [4.78, 5) is 47.4. The van der Waals surface area contributed by atoms with Gasteiger partial charge in [-0.05, 0) is 19.1 Å². The molecule has 2 rings (SSSR count). The summed E-state index contributed by atoms with van der Waals surface area (Å²) >= 11 is 5.76. The predicted octanol–water partition coefficient (Wildman–Crippen LogP) is 1.25. The van der Waals surface area contributed by atoms with Crippen molar-refractivity contribution in [3.63, 3.8) is 0 Å². The van der Waals surface area contributed by atoms with Crippen molar-refractivity contribution in [3.05, 3.63) is 61.1 Å². The SMILES string of the molecule is CC(OC(=O)c1cc(-n2c(=O)cc(C(C)(F)F)n(N)c2=O)c(F)cc1Cl)C(=O)O. The fourth-order valence-electron chi connectivity index (χ4n) is 2.26. The molecule has 0 saturated carbocycles. The number of hydrogen-bond donors (Lipinski definition) is 2. The molecule has 1 atom stereocenters. The maximum Gasteiger partial charge on any atom is 0.354 e. The monoisotopic (exact) mass is 435 g/mol. The number of carboxylic acid groups (broad SMARTS) is 1. The van der Waals surface area contributed by atoms with Gasteiger partial charge in [0.15, 0.2) is 6.10 Å². The summed E-state index contributed by atoms with van der Waals surface area (Å²) in [6, 6.07) is 1.54. The quantitative estimate of drug-likeness (QED) is 0.533. The minimum atomic E-state index is -3.65. The van der Waals surface area contributed by atoms with Crippen LogP contribution in [0.25, 0.3) is 5.69 Å². The average molecular weight is 436 g/mol. The molecule has 0 spiro atoms. The third kappa shape index (κ3) is 4.26. The van der Waals surface area contributed by atoms with Crippen LogP contribution in [0.3, 0.4) is 0 Å². The Morgan fingerprint density at radius 3 is 2.38 bits per heavy atom. The van der Waals surface area contributed by atoms with Crippen molar-refractivity contribution >= 4 is 23.5 Å². The molecular formula is C16H13ClF3N3O6. The number of aromatic nitrogens is 2. The number of rotatable bonds is 5. The fourth-order valence-corrected chi connectivity index (χ4v) is 2.48. The van der Waals surface area contributed by atoms with E-state index < -0.39 is 63.0 Å². The fraction of sp³-hybridized carbons (Fsp3) is 0.250. The minimum absolute atomic E-state index is 0.0417. The van der Waals surface area contributed by atoms with Gasteiger partial charge in [0.05, 0.1) is 16.3 Å². The van der Waals surface area contributed by atoms with Crippen molar-refractivity contribution in [1.29, 1.82) is 0 Å². The number of nitrogen functional groups attached to an aromatic ring is 1. The second kappa shape index (κ2) is 7.62. The van der Waals surface area contributed by atoms with Crippen molar-refractivity contribution in [2.45, 2.75) is 25.9 Å². The Balaban J connectivity index is 2.70. The average Bonchev–Trinajstić information content (AvgIpc) is 2.58. The Hall–Kier alpha value is -3.28. The maximum absolute atomic E-state index is 14.4. The molecule has 0 saturated heterocycles. The number of carbonyl (C=O) groups is 2. The van der Waals surface area contributed by atoms with Crippen molar-refractivity contribution < 1.29 is 32.6 Å². The maximum atomic E-state index is 14.4. The van der Waals surface area contributed by atoms with Gasteiger partial charge in [-0.3, -0.25) is 4.79 Å². The number of ether oxygens (including phenoxy) is 1. The van der Waals surface area contributed by atoms with Gasteiger partial charge in [-0.15, -0.1) is 0 Å². The smallest absolute Gasteiger partial charge is 0.354 e. The number of aliphatic carboxylic acids is 1. The third-order valence-electron chi connectivity index (χ3n) is 3.72. The van der Waals surface area contributed by atoms with Crippen molar-refractivity contribution in [2.75, 3.05) is 5.84 Å². The van der Waals surface area contributed by atoms with Crippen molar-refractivity contribution in [1.82, 2.24) is 9.24 Å². The Morgan fingerprint density at radius 2 is 1.86 bits per heavy atom. The molecule has 0 amide bonds. The van der Waals surface area contributed by atoms with Crippen LogP contribution < -0.4 is 17.1 Å². The first-order valence-corrected chi connectivity index (χ1v) is 8.09. The van der Waals surface area contributed by atoms with Crippen LogP contribution in [0.2, 0.25) is 5.02 Å². The highest BCUT2D eigenvalue weighted by Gasteiger charge is 2.31. The number of hydrogen-bond acceptors (Lipinski definition) is 6. The summed E-state index contributed by atoms with van der Waals surface area (Å²) < 4.78 is 46.1. The van der Waals surface area contributed by atoms with E-state index in [0.717, 1.165) is 6.92 Å². The zero-order valence-electron chi connectivity index (χ0n) is 14.8. The molecule has 0 aliphatic rings. The van der Waals surface area contributed by atoms with E-state index in [-0.39, 0.29) is 9.24 Å². The van der Waals surface area contributed by atoms with Crippen LogP contribution in [-0.2, 0) is 15.5 Å². The Morgan fingerprint density at radius 1 is 1.28 bits per heavy atom. The number of carboxylic acids is 1. The van der Waals surface area contributed by atoms with E-state index in [1.165, 1.54) is 0 Å². The van der Waals surface area contributed by atoms with Gasteiger partial charge in [-0.2, -0.15) is 8.78 Å². The molecule has 0 bridgehead atoms. The van der Waals surface area contributed by atoms with Crippen LogP contribution in [0.4, 0.5) is 13.2 Å². The van der Waals surface area contributed by atoms with E-state index >= 15 is 0 Å². The highest BCUT2D eigenvalue weighted by molar-refractivity contribution is 6.33. The molecule has 1 aromatic carbocycles. The lowest BCUT2D eigenvalue weighted by atomic mass is 10.1. The van der Waals surface area contributed by atoms with Gasteiger partial charge in [0.25, 0.3) is 11.5 Å². The van der Waals surface area contributed by atoms with Gasteiger partial charge < -0.3 is 15.7 Å². The van der Waals surface area contributed by atoms with Crippen molar-refractivity contribution in [2.24, 2.45) is 0 Å². The van der Waals surface area contributed by atoms with Gasteiger partial charge in [0, 0.05) is 13.0 Å². The Bertz CT molecular complexity index is 1120. The van der Waals surface area contributed by atoms with Gasteiger partial charge in [-0.25, -0.2) is 28.0 Å². The molecular weight excluding hydrogens is 423 g/mol. The molecule has 1 heterocycles. The van der Waals surface area contributed by atoms with Gasteiger partial charge in [0.1, 0.15) is 11.5 Å². The number of carbonyl (C=O) groups excluding carboxylic acids is 1. The van der Waals surface area contributed by atoms with E-state index in [0.29, 0.717) is 25.1 Å². The summed E-state index contributed by atoms with van der Waals surface area (Å²) in [6.45, 7) is 1.44. The van der Waals surface area contributed by atoms with Gasteiger partial charge in [0.2, 0.25) is 0 Å². The summed E-state index contributed by atoms with van der Waals surface area (Å²) in [5.41, 5.74) is -5.39. The lowest BCUT2D eigenvalue weighted by Gasteiger charge is -2.17. The first-order valence-electron chi connectivity index (χ1n) is 7.71. The van der Waals surface area contributed by atoms with Crippen LogP contribution in [0, 0.1) is 5.82 Å². The van der Waals surface area contributed by atoms with Crippen molar-refractivity contribution in [3.8, 4) is 5.69 Å². The summed E-state index contributed by atoms with van der Waals surface area (Å²) in [6.07, 6.45) is -1.58. The molecule has 0 radical (unpaired) electrons. The molecule has 0 aliphatic heterocycles. The van der Waals surface area contributed by atoms with Gasteiger partial charge in [-0.1, -0.05) is 11.6 Å². The number of nitrogens with two attached hydrogens (primary N) is 1. The number of halogens is 4. The van der Waals surface area contributed by atoms with Crippen LogP contribution in [0.1, 0.15) is 29.9 Å². The first-order chi connectivity index (χ1) is 13.3. The molecule has 9 nitrogen and oxygen atoms in total. The standard InChI is InChI=1S/C16H13ClF3N3O6/c1-6(13(25)26)29-14(27)7-3-10(9(18)4-8(7)17)22-12(24)5-11(16(2,19)20)23(21)15(22)28/h3-6H,21H2,1-2H3,(H,25,26). The van der Waals surface area contributed by atoms with Crippen LogP contribution in [0.5, 0.6) is 0 Å². The van der Waals surface area contributed by atoms with E-state index in [4.69, 9.17) is 22.6 Å². The first kappa shape index (κ1) is 22.0. The molecule has 3 N–H and O–H groups in total. The second-order valence-corrected chi connectivity index (χ2v) is 6.32. The molecule has 13 heteroatoms. The molecule has 0 fully saturated rings. The Kier molecular flexibility index (Phi) is 5.79. The highest BCUT2D eigenvalue weighted by Crippen LogP contribution is 2.25. The summed E-state index contributed by atoms with van der Waals surface area (Å²) in [5.74, 6) is -2.36. The number of esters is 1. The predicted molar refractivity (Wildman–Crippen MR) is 93.5 cm³/mol. The molecule has 1 unspecified atom stereocenters. The largest absolute Gasteiger partial charge is 0.479 e. The molecule has 156 valence electrons. The topological polar surface area (TPSA) is 134 Å². The van der Waals surface area contributed by atoms with Gasteiger partial charge >= 0.3 is 17.6 Å². The lowest BCUT2D eigenvalue weighted by Crippen LogP contribution is -2.45. The van der Waals surface area contributed by atoms with E-state index in [1.54, 1.807) is 0 Å². The number of benzene rings is 1. The zero-order valence-corrected chi connectivity index (χ0v) is 15.5. The molecule has 0 aliphatic carbocycles. The van der Waals surface area contributed by atoms with E-state index in [1.807, 2.05) is 0 Å². The minimum Gasteiger partial charge on any atom is -0.479 e. The lowest BCUT2D eigenvalue weighted by molar-refractivity contribution is -0.146. The molecule has 29 heavy (non-hydrogen) atoms. The highest BCUT2D eigenvalue weighted by atomic mass is 35.5. The van der Waals surface area contributed by atoms with Crippen LogP contribution in [0.15, 0.2) is 27.8 Å². The number of nitrogens with zero attached hydrogens (tertiary/aromatic N) is 2. The molecule has 1 aromatic heterocycles. The normalized spacial score (nSPS) is 12.5. The summed E-state index contributed by atoms with van der Waals surface area (Å²) in [7, 11) is 0. The Labute approximate surface area is 164 Å². The zero-order chi connectivity index (χ0) is 22.3. The number of alkyl halides is 2. The molecule has 2 aromatic rings. The second-order valence-electron chi connectivity index (χ2n) is 5.91. The summed E-state index contributed by atoms with van der Waals surface area (Å²) in [5, 5.41) is 8.28. The van der Waals surface area contributed by atoms with E-state index in [2.05, 4.69) is 4.74 Å². The van der Waals surface area contributed by atoms with Crippen LogP contribution >= 0.6 is 11.6 Å². The third-order valence-corrected chi connectivity index (χ3v) is 4.03.